The van der Waals surface area contributed by atoms with Gasteiger partial charge in [-0.25, -0.2) is 27.8 Å². The molecule has 4 aromatic rings. The molecule has 232 valence electrons. The Hall–Kier alpha value is -3.13. The van der Waals surface area contributed by atoms with Gasteiger partial charge in [-0.3, -0.25) is 9.40 Å². The van der Waals surface area contributed by atoms with Gasteiger partial charge in [0.15, 0.2) is 5.82 Å². The van der Waals surface area contributed by atoms with Crippen LogP contribution in [0.2, 0.25) is 0 Å². The minimum atomic E-state index is -3.68. The van der Waals surface area contributed by atoms with Crippen molar-refractivity contribution in [1.82, 2.24) is 30.0 Å². The van der Waals surface area contributed by atoms with Gasteiger partial charge in [-0.1, -0.05) is 33.8 Å². The van der Waals surface area contributed by atoms with Crippen molar-refractivity contribution in [3.63, 3.8) is 0 Å². The summed E-state index contributed by atoms with van der Waals surface area (Å²) in [4.78, 5) is 14.7. The molecule has 5 rings (SSSR count). The molecule has 0 amide bonds. The van der Waals surface area contributed by atoms with Gasteiger partial charge in [-0.15, -0.1) is 23.7 Å². The van der Waals surface area contributed by atoms with Crippen LogP contribution < -0.4 is 15.4 Å². The third kappa shape index (κ3) is 8.08. The van der Waals surface area contributed by atoms with Crippen molar-refractivity contribution in [2.45, 2.75) is 58.9 Å². The van der Waals surface area contributed by atoms with E-state index in [-0.39, 0.29) is 34.8 Å². The Balaban J connectivity index is 0.00000423. The molecule has 4 heterocycles. The summed E-state index contributed by atoms with van der Waals surface area (Å²) >= 11 is 1.43. The van der Waals surface area contributed by atoms with Crippen LogP contribution in [0.5, 0.6) is 0 Å². The summed E-state index contributed by atoms with van der Waals surface area (Å²) in [5.74, 6) is 0.201. The maximum absolute atomic E-state index is 15.8. The second-order valence-corrected chi connectivity index (χ2v) is 14.4. The van der Waals surface area contributed by atoms with Crippen molar-refractivity contribution in [2.24, 2.45) is 5.92 Å². The molecule has 43 heavy (non-hydrogen) atoms. The molecule has 10 nitrogen and oxygen atoms in total. The van der Waals surface area contributed by atoms with Gasteiger partial charge in [0.2, 0.25) is 16.0 Å². The van der Waals surface area contributed by atoms with E-state index in [0.717, 1.165) is 43.2 Å². The Labute approximate surface area is 262 Å². The Bertz CT molecular complexity index is 1650. The number of hydrogen-bond donors (Lipinski definition) is 3. The molecule has 0 atom stereocenters. The van der Waals surface area contributed by atoms with Gasteiger partial charge < -0.3 is 10.6 Å². The van der Waals surface area contributed by atoms with Crippen LogP contribution in [-0.2, 0) is 22.0 Å². The van der Waals surface area contributed by atoms with Gasteiger partial charge >= 0.3 is 0 Å². The Morgan fingerprint density at radius 1 is 1.16 bits per heavy atom. The summed E-state index contributed by atoms with van der Waals surface area (Å²) in [6, 6.07) is 6.41. The Kier molecular flexibility index (Phi) is 10.4. The fourth-order valence-electron chi connectivity index (χ4n) is 4.81. The molecule has 0 unspecified atom stereocenters. The van der Waals surface area contributed by atoms with Gasteiger partial charge in [0.25, 0.3) is 0 Å². The van der Waals surface area contributed by atoms with Gasteiger partial charge in [0.05, 0.1) is 44.6 Å². The first kappa shape index (κ1) is 32.8. The predicted octanol–water partition coefficient (Wildman–Crippen LogP) is 6.22. The molecule has 3 N–H and O–H groups in total. The molecule has 14 heteroatoms. The van der Waals surface area contributed by atoms with Crippen LogP contribution in [0.3, 0.4) is 0 Å². The molecule has 1 saturated heterocycles. The first-order chi connectivity index (χ1) is 20.0. The number of sulfonamides is 1. The molecule has 1 aliphatic rings. The van der Waals surface area contributed by atoms with E-state index >= 15 is 4.39 Å². The Morgan fingerprint density at radius 2 is 1.93 bits per heavy atom. The molecule has 0 aliphatic carbocycles. The third-order valence-corrected chi connectivity index (χ3v) is 9.92. The van der Waals surface area contributed by atoms with Crippen molar-refractivity contribution in [3.05, 3.63) is 53.7 Å². The Morgan fingerprint density at radius 3 is 2.65 bits per heavy atom. The molecule has 0 saturated carbocycles. The number of halogens is 2. The fourth-order valence-corrected chi connectivity index (χ4v) is 7.05. The van der Waals surface area contributed by atoms with Crippen LogP contribution in [0.1, 0.15) is 52.0 Å². The molecule has 0 spiro atoms. The fraction of sp³-hybridized carbons (Fsp3) is 0.448. The maximum Gasteiger partial charge on any atom is 0.232 e. The number of anilines is 3. The van der Waals surface area contributed by atoms with E-state index in [1.807, 2.05) is 31.6 Å². The molecule has 1 aromatic carbocycles. The molecule has 1 aliphatic heterocycles. The van der Waals surface area contributed by atoms with Crippen molar-refractivity contribution in [2.75, 3.05) is 28.9 Å². The van der Waals surface area contributed by atoms with Crippen molar-refractivity contribution >= 4 is 51.1 Å². The van der Waals surface area contributed by atoms with Gasteiger partial charge in [-0.2, -0.15) is 5.10 Å². The highest BCUT2D eigenvalue weighted by molar-refractivity contribution is 7.92. The van der Waals surface area contributed by atoms with E-state index in [1.165, 1.54) is 17.4 Å². The molecule has 0 bridgehead atoms. The number of benzene rings is 1. The molecule has 0 radical (unpaired) electrons. The summed E-state index contributed by atoms with van der Waals surface area (Å²) < 4.78 is 45.0. The number of rotatable bonds is 10. The molecular weight excluding hydrogens is 611 g/mol. The average Bonchev–Trinajstić information content (AvgIpc) is 3.58. The lowest BCUT2D eigenvalue weighted by Crippen LogP contribution is -2.29. The highest BCUT2D eigenvalue weighted by Crippen LogP contribution is 2.42. The smallest absolute Gasteiger partial charge is 0.232 e. The summed E-state index contributed by atoms with van der Waals surface area (Å²) in [5.41, 5.74) is 1.54. The molecular formula is C29H38ClFN8O2S2. The second kappa shape index (κ2) is 13.7. The summed E-state index contributed by atoms with van der Waals surface area (Å²) in [7, 11) is -3.68. The van der Waals surface area contributed by atoms with E-state index in [0.29, 0.717) is 34.6 Å². The molecule has 1 fully saturated rings. The zero-order valence-corrected chi connectivity index (χ0v) is 27.2. The zero-order valence-electron chi connectivity index (χ0n) is 24.7. The highest BCUT2D eigenvalue weighted by atomic mass is 35.5. The predicted molar refractivity (Wildman–Crippen MR) is 173 cm³/mol. The van der Waals surface area contributed by atoms with Crippen LogP contribution in [0, 0.1) is 11.7 Å². The highest BCUT2D eigenvalue weighted by Gasteiger charge is 2.26. The number of nitrogens with zero attached hydrogens (tertiary/aromatic N) is 5. The largest absolute Gasteiger partial charge is 0.321 e. The number of piperidine rings is 1. The minimum absolute atomic E-state index is 0. The van der Waals surface area contributed by atoms with Crippen molar-refractivity contribution in [3.8, 4) is 21.8 Å². The van der Waals surface area contributed by atoms with E-state index in [4.69, 9.17) is 9.97 Å². The van der Waals surface area contributed by atoms with Crippen molar-refractivity contribution in [1.29, 1.82) is 0 Å². The molecule has 3 aromatic heterocycles. The number of nitrogens with one attached hydrogen (secondary N) is 3. The number of hydrogen-bond acceptors (Lipinski definition) is 9. The standard InChI is InChI=1S/C29H37FN8O2S2.ClH/c1-5-15-42(39,40)37-22-8-6-7-21(24(22)30)25-26(41-27(36-25)29(2,3)4)23-11-14-32-28(35-23)34-20-16-33-38(18-20)17-19-9-12-31-13-10-19;/h6-8,11,14,16,18-19,31,37H,5,9-10,12-13,15,17H2,1-4H3,(H,32,34,35);1H. The monoisotopic (exact) mass is 648 g/mol. The van der Waals surface area contributed by atoms with E-state index in [2.05, 4.69) is 25.4 Å². The van der Waals surface area contributed by atoms with E-state index in [9.17, 15) is 8.42 Å². The summed E-state index contributed by atoms with van der Waals surface area (Å²) in [6.45, 7) is 10.8. The van der Waals surface area contributed by atoms with Crippen LogP contribution in [0.25, 0.3) is 21.8 Å². The number of thiazole rings is 1. The number of aromatic nitrogens is 5. The van der Waals surface area contributed by atoms with E-state index < -0.39 is 15.8 Å². The lowest BCUT2D eigenvalue weighted by Gasteiger charge is -2.22. The van der Waals surface area contributed by atoms with Crippen molar-refractivity contribution < 1.29 is 12.8 Å². The first-order valence-electron chi connectivity index (χ1n) is 14.2. The van der Waals surface area contributed by atoms with Gasteiger partial charge in [-0.05, 0) is 56.5 Å². The minimum Gasteiger partial charge on any atom is -0.321 e. The first-order valence-corrected chi connectivity index (χ1v) is 16.6. The topological polar surface area (TPSA) is 127 Å². The van der Waals surface area contributed by atoms with Crippen LogP contribution in [0.4, 0.5) is 21.7 Å². The normalized spacial score (nSPS) is 14.3. The SMILES string of the molecule is CCCS(=O)(=O)Nc1cccc(-c2nc(C(C)(C)C)sc2-c2ccnc(Nc3cnn(CC4CCNCC4)c3)n2)c1F.Cl. The quantitative estimate of drug-likeness (QED) is 0.185. The zero-order chi connectivity index (χ0) is 29.9. The maximum atomic E-state index is 15.8. The third-order valence-electron chi connectivity index (χ3n) is 6.94. The van der Waals surface area contributed by atoms with Crippen LogP contribution in [-0.4, -0.2) is 52.0 Å². The van der Waals surface area contributed by atoms with E-state index in [1.54, 1.807) is 37.5 Å². The van der Waals surface area contributed by atoms with Gasteiger partial charge in [0.1, 0.15) is 0 Å². The summed E-state index contributed by atoms with van der Waals surface area (Å²) in [5, 5.41) is 11.9. The second-order valence-electron chi connectivity index (χ2n) is 11.6. The van der Waals surface area contributed by atoms with Crippen LogP contribution >= 0.6 is 23.7 Å². The lowest BCUT2D eigenvalue weighted by molar-refractivity contribution is 0.321. The average molecular weight is 649 g/mol. The summed E-state index contributed by atoms with van der Waals surface area (Å²) in [6.07, 6.45) is 8.05. The van der Waals surface area contributed by atoms with Gasteiger partial charge in [0, 0.05) is 29.9 Å². The lowest BCUT2D eigenvalue weighted by atomic mass is 9.98. The van der Waals surface area contributed by atoms with Crippen LogP contribution in [0.15, 0.2) is 42.9 Å².